The molecule has 140 valence electrons. The van der Waals surface area contributed by atoms with Crippen molar-refractivity contribution in [1.82, 2.24) is 10.2 Å². The molecule has 0 saturated carbocycles. The Bertz CT molecular complexity index is 730. The molecule has 0 spiro atoms. The monoisotopic (exact) mass is 384 g/mol. The highest BCUT2D eigenvalue weighted by Gasteiger charge is 2.29. The highest BCUT2D eigenvalue weighted by atomic mass is 35.5. The van der Waals surface area contributed by atoms with Crippen LogP contribution in [0.15, 0.2) is 48.5 Å². The third-order valence-corrected chi connectivity index (χ3v) is 4.15. The topological polar surface area (TPSA) is 32.3 Å². The van der Waals surface area contributed by atoms with E-state index in [4.69, 9.17) is 11.6 Å². The molecular weight excluding hydrogens is 365 g/mol. The minimum Gasteiger partial charge on any atom is -0.348 e. The van der Waals surface area contributed by atoms with E-state index in [1.165, 1.54) is 12.1 Å². The zero-order valence-electron chi connectivity index (χ0n) is 14.5. The van der Waals surface area contributed by atoms with Crippen LogP contribution in [0.1, 0.15) is 29.7 Å². The molecular formula is C19H20ClF3N2O. The smallest absolute Gasteiger partial charge is 0.348 e. The van der Waals surface area contributed by atoms with Crippen LogP contribution in [-0.4, -0.2) is 24.4 Å². The summed E-state index contributed by atoms with van der Waals surface area (Å²) in [5.74, 6) is -0.165. The van der Waals surface area contributed by atoms with Gasteiger partial charge in [-0.15, -0.1) is 0 Å². The standard InChI is InChI=1S/C19H20ClF3N2O/c1-13(15-5-9-17(20)10-6-15)24-18(26)12-25(2)11-14-3-7-16(8-4-14)19(21,22)23/h3-10,13H,11-12H2,1-2H3,(H,24,26). The molecule has 3 nitrogen and oxygen atoms in total. The lowest BCUT2D eigenvalue weighted by atomic mass is 10.1. The van der Waals surface area contributed by atoms with Gasteiger partial charge in [0.2, 0.25) is 5.91 Å². The molecule has 26 heavy (non-hydrogen) atoms. The predicted molar refractivity (Wildman–Crippen MR) is 95.8 cm³/mol. The highest BCUT2D eigenvalue weighted by Crippen LogP contribution is 2.29. The van der Waals surface area contributed by atoms with E-state index < -0.39 is 11.7 Å². The zero-order chi connectivity index (χ0) is 19.3. The predicted octanol–water partition coefficient (Wildman–Crippen LogP) is 4.67. The van der Waals surface area contributed by atoms with E-state index in [9.17, 15) is 18.0 Å². The van der Waals surface area contributed by atoms with Crippen LogP contribution in [-0.2, 0) is 17.5 Å². The van der Waals surface area contributed by atoms with Gasteiger partial charge in [-0.2, -0.15) is 13.2 Å². The van der Waals surface area contributed by atoms with E-state index in [1.807, 2.05) is 19.1 Å². The average molecular weight is 385 g/mol. The number of benzene rings is 2. The van der Waals surface area contributed by atoms with Gasteiger partial charge in [-0.3, -0.25) is 9.69 Å². The maximum atomic E-state index is 12.6. The first kappa shape index (κ1) is 20.3. The summed E-state index contributed by atoms with van der Waals surface area (Å²) in [7, 11) is 1.74. The van der Waals surface area contributed by atoms with E-state index in [0.717, 1.165) is 17.7 Å². The van der Waals surface area contributed by atoms with Gasteiger partial charge in [-0.25, -0.2) is 0 Å². The Morgan fingerprint density at radius 2 is 1.69 bits per heavy atom. The fraction of sp³-hybridized carbons (Fsp3) is 0.316. The van der Waals surface area contributed by atoms with Crippen LogP contribution < -0.4 is 5.32 Å². The minimum absolute atomic E-state index is 0.138. The number of nitrogens with one attached hydrogen (secondary N) is 1. The molecule has 2 aromatic rings. The van der Waals surface area contributed by atoms with Gasteiger partial charge in [-0.1, -0.05) is 35.9 Å². The van der Waals surface area contributed by atoms with Crippen molar-refractivity contribution in [3.63, 3.8) is 0 Å². The number of carbonyl (C=O) groups is 1. The van der Waals surface area contributed by atoms with Gasteiger partial charge >= 0.3 is 6.18 Å². The van der Waals surface area contributed by atoms with E-state index in [0.29, 0.717) is 17.1 Å². The Labute approximate surface area is 155 Å². The van der Waals surface area contributed by atoms with Gasteiger partial charge in [0.25, 0.3) is 0 Å². The summed E-state index contributed by atoms with van der Waals surface area (Å²) in [6.07, 6.45) is -4.35. The Morgan fingerprint density at radius 1 is 1.12 bits per heavy atom. The van der Waals surface area contributed by atoms with E-state index in [1.54, 1.807) is 24.1 Å². The molecule has 0 aliphatic rings. The van der Waals surface area contributed by atoms with Crippen LogP contribution in [0, 0.1) is 0 Å². The molecule has 2 rings (SSSR count). The van der Waals surface area contributed by atoms with Gasteiger partial charge in [0.05, 0.1) is 18.2 Å². The number of carbonyl (C=O) groups excluding carboxylic acids is 1. The Hall–Kier alpha value is -2.05. The molecule has 0 aromatic heterocycles. The second kappa shape index (κ2) is 8.56. The minimum atomic E-state index is -4.35. The molecule has 0 radical (unpaired) electrons. The number of hydrogen-bond donors (Lipinski definition) is 1. The van der Waals surface area contributed by atoms with Crippen molar-refractivity contribution in [2.24, 2.45) is 0 Å². The van der Waals surface area contributed by atoms with Crippen LogP contribution in [0.3, 0.4) is 0 Å². The number of likely N-dealkylation sites (N-methyl/N-ethyl adjacent to an activating group) is 1. The van der Waals surface area contributed by atoms with Crippen LogP contribution in [0.4, 0.5) is 13.2 Å². The molecule has 7 heteroatoms. The first-order valence-electron chi connectivity index (χ1n) is 8.04. The molecule has 0 aliphatic carbocycles. The number of halogens is 4. The van der Waals surface area contributed by atoms with Gasteiger partial charge in [0.1, 0.15) is 0 Å². The van der Waals surface area contributed by atoms with Gasteiger partial charge in [0, 0.05) is 11.6 Å². The first-order valence-corrected chi connectivity index (χ1v) is 8.42. The molecule has 0 fully saturated rings. The fourth-order valence-corrected chi connectivity index (χ4v) is 2.66. The van der Waals surface area contributed by atoms with Crippen molar-refractivity contribution in [3.05, 3.63) is 70.2 Å². The first-order chi connectivity index (χ1) is 12.1. The maximum absolute atomic E-state index is 12.6. The third-order valence-electron chi connectivity index (χ3n) is 3.89. The summed E-state index contributed by atoms with van der Waals surface area (Å²) >= 11 is 5.85. The number of amides is 1. The number of rotatable bonds is 6. The van der Waals surface area contributed by atoms with Crippen molar-refractivity contribution in [2.45, 2.75) is 25.7 Å². The molecule has 0 heterocycles. The van der Waals surface area contributed by atoms with Gasteiger partial charge in [0.15, 0.2) is 0 Å². The summed E-state index contributed by atoms with van der Waals surface area (Å²) in [5, 5.41) is 3.52. The summed E-state index contributed by atoms with van der Waals surface area (Å²) in [5.41, 5.74) is 0.964. The summed E-state index contributed by atoms with van der Waals surface area (Å²) < 4.78 is 37.7. The number of alkyl halides is 3. The third kappa shape index (κ3) is 6.04. The molecule has 0 bridgehead atoms. The zero-order valence-corrected chi connectivity index (χ0v) is 15.2. The fourth-order valence-electron chi connectivity index (χ4n) is 2.53. The lowest BCUT2D eigenvalue weighted by Gasteiger charge is -2.19. The van der Waals surface area contributed by atoms with E-state index >= 15 is 0 Å². The molecule has 0 saturated heterocycles. The van der Waals surface area contributed by atoms with Crippen molar-refractivity contribution in [1.29, 1.82) is 0 Å². The Kier molecular flexibility index (Phi) is 6.67. The lowest BCUT2D eigenvalue weighted by Crippen LogP contribution is -2.36. The SMILES string of the molecule is CC(NC(=O)CN(C)Cc1ccc(C(F)(F)F)cc1)c1ccc(Cl)cc1. The normalized spacial score (nSPS) is 12.9. The van der Waals surface area contributed by atoms with Crippen molar-refractivity contribution >= 4 is 17.5 Å². The summed E-state index contributed by atoms with van der Waals surface area (Å²) in [4.78, 5) is 13.9. The molecule has 1 amide bonds. The molecule has 1 N–H and O–H groups in total. The molecule has 1 atom stereocenters. The van der Waals surface area contributed by atoms with E-state index in [-0.39, 0.29) is 18.5 Å². The van der Waals surface area contributed by atoms with Crippen LogP contribution in [0.2, 0.25) is 5.02 Å². The van der Waals surface area contributed by atoms with E-state index in [2.05, 4.69) is 5.32 Å². The molecule has 1 unspecified atom stereocenters. The summed E-state index contributed by atoms with van der Waals surface area (Å²) in [6, 6.07) is 12.0. The van der Waals surface area contributed by atoms with Crippen LogP contribution >= 0.6 is 11.6 Å². The lowest BCUT2D eigenvalue weighted by molar-refractivity contribution is -0.137. The van der Waals surface area contributed by atoms with Crippen molar-refractivity contribution < 1.29 is 18.0 Å². The largest absolute Gasteiger partial charge is 0.416 e. The average Bonchev–Trinajstić information content (AvgIpc) is 2.54. The second-order valence-corrected chi connectivity index (χ2v) is 6.64. The summed E-state index contributed by atoms with van der Waals surface area (Å²) in [6.45, 7) is 2.39. The van der Waals surface area contributed by atoms with Crippen LogP contribution in [0.5, 0.6) is 0 Å². The van der Waals surface area contributed by atoms with Crippen molar-refractivity contribution in [2.75, 3.05) is 13.6 Å². The van der Waals surface area contributed by atoms with Gasteiger partial charge in [-0.05, 0) is 49.4 Å². The maximum Gasteiger partial charge on any atom is 0.416 e. The molecule has 2 aromatic carbocycles. The Balaban J connectivity index is 1.85. The second-order valence-electron chi connectivity index (χ2n) is 6.21. The molecule has 0 aliphatic heterocycles. The van der Waals surface area contributed by atoms with Crippen molar-refractivity contribution in [3.8, 4) is 0 Å². The highest BCUT2D eigenvalue weighted by molar-refractivity contribution is 6.30. The van der Waals surface area contributed by atoms with Crippen LogP contribution in [0.25, 0.3) is 0 Å². The van der Waals surface area contributed by atoms with Gasteiger partial charge < -0.3 is 5.32 Å². The Morgan fingerprint density at radius 3 is 2.23 bits per heavy atom. The quantitative estimate of drug-likeness (QED) is 0.785. The number of hydrogen-bond acceptors (Lipinski definition) is 2. The number of nitrogens with zero attached hydrogens (tertiary/aromatic N) is 1.